The number of benzene rings is 4. The molecule has 3 N–H and O–H groups in total. The molecule has 1 atom stereocenters. The molecule has 0 aliphatic heterocycles. The number of carboxylic acid groups (broad SMARTS) is 1. The van der Waals surface area contributed by atoms with Crippen molar-refractivity contribution in [3.05, 3.63) is 130 Å². The van der Waals surface area contributed by atoms with E-state index in [1.807, 2.05) is 98.8 Å². The van der Waals surface area contributed by atoms with Gasteiger partial charge in [0.15, 0.2) is 0 Å². The van der Waals surface area contributed by atoms with Crippen LogP contribution in [0.25, 0.3) is 0 Å². The van der Waals surface area contributed by atoms with Gasteiger partial charge in [-0.2, -0.15) is 0 Å². The largest absolute Gasteiger partial charge is 0.481 e. The lowest BCUT2D eigenvalue weighted by Gasteiger charge is -2.26. The predicted molar refractivity (Wildman–Crippen MR) is 174 cm³/mol. The first-order valence-electron chi connectivity index (χ1n) is 14.6. The number of rotatable bonds is 12. The highest BCUT2D eigenvalue weighted by Crippen LogP contribution is 2.26. The lowest BCUT2D eigenvalue weighted by Crippen LogP contribution is -2.35. The van der Waals surface area contributed by atoms with Gasteiger partial charge in [-0.3, -0.25) is 9.69 Å². The van der Waals surface area contributed by atoms with Gasteiger partial charge in [-0.25, -0.2) is 0 Å². The molecule has 0 aromatic heterocycles. The molecule has 0 aliphatic rings. The predicted octanol–water partition coefficient (Wildman–Crippen LogP) is 5.97. The average molecular weight is 587 g/mol. The zero-order valence-electron chi connectivity index (χ0n) is 25.3. The Bertz CT molecular complexity index is 1530. The molecule has 224 valence electrons. The molecule has 0 aliphatic carbocycles. The molecule has 0 radical (unpaired) electrons. The van der Waals surface area contributed by atoms with Crippen molar-refractivity contribution in [2.24, 2.45) is 5.73 Å². The van der Waals surface area contributed by atoms with E-state index in [0.717, 1.165) is 44.9 Å². The normalized spacial score (nSPS) is 11.1. The average Bonchev–Trinajstić information content (AvgIpc) is 3.02. The third-order valence-corrected chi connectivity index (χ3v) is 6.91. The lowest BCUT2D eigenvalue weighted by atomic mass is 10.1. The Balaban J connectivity index is 1.52. The van der Waals surface area contributed by atoms with E-state index < -0.39 is 12.0 Å². The van der Waals surface area contributed by atoms with Crippen LogP contribution in [-0.4, -0.2) is 41.8 Å². The molecule has 0 saturated heterocycles. The topological polar surface area (TPSA) is 85.0 Å². The summed E-state index contributed by atoms with van der Waals surface area (Å²) in [6, 6.07) is 30.8. The van der Waals surface area contributed by atoms with E-state index in [1.165, 1.54) is 0 Å². The molecule has 0 spiro atoms. The number of hydrogen-bond acceptors (Lipinski definition) is 5. The molecule has 0 saturated carbocycles. The quantitative estimate of drug-likeness (QED) is 0.199. The zero-order valence-corrected chi connectivity index (χ0v) is 25.3. The van der Waals surface area contributed by atoms with Crippen molar-refractivity contribution < 1.29 is 19.4 Å². The summed E-state index contributed by atoms with van der Waals surface area (Å²) in [6.45, 7) is 6.08. The van der Waals surface area contributed by atoms with Crippen molar-refractivity contribution in [3.8, 4) is 35.2 Å². The molecule has 44 heavy (non-hydrogen) atoms. The highest BCUT2D eigenvalue weighted by molar-refractivity contribution is 5.73. The minimum Gasteiger partial charge on any atom is -0.481 e. The summed E-state index contributed by atoms with van der Waals surface area (Å²) in [7, 11) is 0. The number of hydrogen-bond donors (Lipinski definition) is 2. The van der Waals surface area contributed by atoms with Crippen molar-refractivity contribution >= 4 is 5.97 Å². The molecule has 0 amide bonds. The van der Waals surface area contributed by atoms with Gasteiger partial charge in [-0.1, -0.05) is 95.5 Å². The van der Waals surface area contributed by atoms with Gasteiger partial charge in [-0.15, -0.1) is 0 Å². The van der Waals surface area contributed by atoms with Gasteiger partial charge in [0.25, 0.3) is 0 Å². The van der Waals surface area contributed by atoms with E-state index in [4.69, 9.17) is 15.2 Å². The van der Waals surface area contributed by atoms with Gasteiger partial charge < -0.3 is 20.3 Å². The van der Waals surface area contributed by atoms with Crippen LogP contribution in [0.5, 0.6) is 11.5 Å². The number of aryl methyl sites for hydroxylation is 2. The highest BCUT2D eigenvalue weighted by atomic mass is 16.5. The molecule has 0 bridgehead atoms. The first-order valence-corrected chi connectivity index (χ1v) is 14.6. The van der Waals surface area contributed by atoms with Crippen molar-refractivity contribution in [1.82, 2.24) is 4.90 Å². The molecule has 4 rings (SSSR count). The number of carbonyl (C=O) groups is 1. The van der Waals surface area contributed by atoms with E-state index in [2.05, 4.69) is 40.7 Å². The minimum atomic E-state index is -1.02. The van der Waals surface area contributed by atoms with E-state index in [9.17, 15) is 9.90 Å². The Morgan fingerprint density at radius 2 is 1.20 bits per heavy atom. The minimum absolute atomic E-state index is 0.245. The third kappa shape index (κ3) is 10.4. The maximum Gasteiger partial charge on any atom is 0.320 e. The Morgan fingerprint density at radius 1 is 0.750 bits per heavy atom. The second-order valence-electron chi connectivity index (χ2n) is 10.6. The lowest BCUT2D eigenvalue weighted by molar-refractivity contribution is -0.138. The Labute approximate surface area is 260 Å². The first kappa shape index (κ1) is 31.9. The molecule has 0 heterocycles. The van der Waals surface area contributed by atoms with Gasteiger partial charge >= 0.3 is 5.97 Å². The SMILES string of the molecule is Cc1ccc(OCC#Cc2ccccc2)c(CN(CC[C@H](N)C(=O)O)Cc2cc(C)ccc2OCC#Cc2ccccc2)c1. The summed E-state index contributed by atoms with van der Waals surface area (Å²) in [4.78, 5) is 13.7. The maximum atomic E-state index is 11.5. The van der Waals surface area contributed by atoms with Crippen LogP contribution in [0, 0.1) is 37.5 Å². The molecule has 0 unspecified atom stereocenters. The molecule has 6 nitrogen and oxygen atoms in total. The Morgan fingerprint density at radius 3 is 1.64 bits per heavy atom. The van der Waals surface area contributed by atoms with E-state index >= 15 is 0 Å². The molecule has 4 aromatic carbocycles. The standard InChI is InChI=1S/C38H38N2O4/c1-29-17-19-36(43-23-9-15-31-11-5-3-6-12-31)33(25-29)27-40(22-21-35(39)38(41)42)28-34-26-30(2)18-20-37(34)44-24-10-16-32-13-7-4-8-14-32/h3-8,11-14,17-20,25-26,35H,21-24,27-28,39H2,1-2H3,(H,41,42)/t35-/m0/s1. The Kier molecular flexibility index (Phi) is 12.0. The van der Waals surface area contributed by atoms with Crippen LogP contribution in [-0.2, 0) is 17.9 Å². The van der Waals surface area contributed by atoms with Gasteiger partial charge in [-0.05, 0) is 56.7 Å². The summed E-state index contributed by atoms with van der Waals surface area (Å²) < 4.78 is 12.2. The summed E-state index contributed by atoms with van der Waals surface area (Å²) in [5.41, 5.74) is 11.9. The van der Waals surface area contributed by atoms with Crippen LogP contribution in [0.2, 0.25) is 0 Å². The van der Waals surface area contributed by atoms with Gasteiger partial charge in [0.1, 0.15) is 30.8 Å². The summed E-state index contributed by atoms with van der Waals surface area (Å²) in [5.74, 6) is 12.9. The van der Waals surface area contributed by atoms with Crippen molar-refractivity contribution in [1.29, 1.82) is 0 Å². The van der Waals surface area contributed by atoms with Gasteiger partial charge in [0, 0.05) is 41.9 Å². The van der Waals surface area contributed by atoms with E-state index in [0.29, 0.717) is 26.1 Å². The number of ether oxygens (including phenoxy) is 2. The van der Waals surface area contributed by atoms with Crippen LogP contribution in [0.3, 0.4) is 0 Å². The summed E-state index contributed by atoms with van der Waals surface area (Å²) in [5, 5.41) is 9.43. The number of nitrogens with two attached hydrogens (primary N) is 1. The highest BCUT2D eigenvalue weighted by Gasteiger charge is 2.18. The summed E-state index contributed by atoms with van der Waals surface area (Å²) >= 11 is 0. The van der Waals surface area contributed by atoms with Crippen molar-refractivity contribution in [3.63, 3.8) is 0 Å². The second kappa shape index (κ2) is 16.6. The first-order chi connectivity index (χ1) is 21.4. The number of carboxylic acids is 1. The second-order valence-corrected chi connectivity index (χ2v) is 10.6. The number of aliphatic carboxylic acids is 1. The van der Waals surface area contributed by atoms with Crippen LogP contribution >= 0.6 is 0 Å². The van der Waals surface area contributed by atoms with E-state index in [1.54, 1.807) is 0 Å². The summed E-state index contributed by atoms with van der Waals surface area (Å²) in [6.07, 6.45) is 0.296. The number of nitrogens with zero attached hydrogens (tertiary/aromatic N) is 1. The fourth-order valence-corrected chi connectivity index (χ4v) is 4.63. The molecular formula is C38H38N2O4. The van der Waals surface area contributed by atoms with Gasteiger partial charge in [0.05, 0.1) is 0 Å². The van der Waals surface area contributed by atoms with Crippen LogP contribution < -0.4 is 15.2 Å². The maximum absolute atomic E-state index is 11.5. The molecule has 6 heteroatoms. The monoisotopic (exact) mass is 586 g/mol. The molecule has 4 aromatic rings. The van der Waals surface area contributed by atoms with Crippen molar-refractivity contribution in [2.45, 2.75) is 39.4 Å². The fourth-order valence-electron chi connectivity index (χ4n) is 4.63. The van der Waals surface area contributed by atoms with Crippen LogP contribution in [0.4, 0.5) is 0 Å². The molecular weight excluding hydrogens is 548 g/mol. The smallest absolute Gasteiger partial charge is 0.320 e. The fraction of sp³-hybridized carbons (Fsp3) is 0.237. The van der Waals surface area contributed by atoms with Gasteiger partial charge in [0.2, 0.25) is 0 Å². The molecule has 0 fully saturated rings. The van der Waals surface area contributed by atoms with E-state index in [-0.39, 0.29) is 13.2 Å². The zero-order chi connectivity index (χ0) is 31.1. The third-order valence-electron chi connectivity index (χ3n) is 6.91. The van der Waals surface area contributed by atoms with Crippen LogP contribution in [0.1, 0.15) is 39.8 Å². The van der Waals surface area contributed by atoms with Crippen molar-refractivity contribution in [2.75, 3.05) is 19.8 Å². The Hall–Kier alpha value is -5.01. The van der Waals surface area contributed by atoms with Crippen LogP contribution in [0.15, 0.2) is 97.1 Å².